The van der Waals surface area contributed by atoms with Crippen LogP contribution in [0.5, 0.6) is 0 Å². The summed E-state index contributed by atoms with van der Waals surface area (Å²) >= 11 is 0. The van der Waals surface area contributed by atoms with E-state index >= 15 is 0 Å². The van der Waals surface area contributed by atoms with Gasteiger partial charge in [-0.25, -0.2) is 4.79 Å². The highest BCUT2D eigenvalue weighted by Crippen LogP contribution is 2.10. The number of azide groups is 1. The van der Waals surface area contributed by atoms with Gasteiger partial charge in [0.25, 0.3) is 0 Å². The average Bonchev–Trinajstić information content (AvgIpc) is 2.52. The molecular formula is C14H17N3O4. The van der Waals surface area contributed by atoms with Crippen LogP contribution in [0.3, 0.4) is 0 Å². The molecule has 0 spiro atoms. The Morgan fingerprint density at radius 3 is 2.76 bits per heavy atom. The number of hydrogen-bond donors (Lipinski definition) is 1. The van der Waals surface area contributed by atoms with Crippen LogP contribution in [0.4, 0.5) is 0 Å². The molecule has 0 aromatic heterocycles. The predicted molar refractivity (Wildman–Crippen MR) is 76.7 cm³/mol. The molecule has 0 unspecified atom stereocenters. The summed E-state index contributed by atoms with van der Waals surface area (Å²) in [5, 5.41) is 12.7. The van der Waals surface area contributed by atoms with Crippen molar-refractivity contribution in [3.63, 3.8) is 0 Å². The van der Waals surface area contributed by atoms with Crippen molar-refractivity contribution in [3.05, 3.63) is 59.0 Å². The molecule has 7 nitrogen and oxygen atoms in total. The third kappa shape index (κ3) is 5.66. The van der Waals surface area contributed by atoms with Crippen molar-refractivity contribution >= 4 is 5.97 Å². The van der Waals surface area contributed by atoms with Gasteiger partial charge in [-0.15, -0.1) is 6.58 Å². The summed E-state index contributed by atoms with van der Waals surface area (Å²) in [6.45, 7) is 3.31. The second kappa shape index (κ2) is 9.55. The monoisotopic (exact) mass is 291 g/mol. The largest absolute Gasteiger partial charge is 0.456 e. The summed E-state index contributed by atoms with van der Waals surface area (Å²) in [4.78, 5) is 14.6. The third-order valence-corrected chi connectivity index (χ3v) is 2.60. The van der Waals surface area contributed by atoms with Gasteiger partial charge in [-0.1, -0.05) is 29.4 Å². The topological polar surface area (TPSA) is 105 Å². The van der Waals surface area contributed by atoms with Gasteiger partial charge in [0.05, 0.1) is 31.4 Å². The minimum atomic E-state index is -0.910. The number of aliphatic hydroxyl groups is 1. The summed E-state index contributed by atoms with van der Waals surface area (Å²) in [6, 6.07) is 7.48. The van der Waals surface area contributed by atoms with E-state index in [0.29, 0.717) is 5.56 Å². The van der Waals surface area contributed by atoms with Crippen molar-refractivity contribution in [1.82, 2.24) is 0 Å². The van der Waals surface area contributed by atoms with E-state index in [0.717, 1.165) is 0 Å². The maximum atomic E-state index is 12.0. The zero-order valence-corrected chi connectivity index (χ0v) is 11.5. The van der Waals surface area contributed by atoms with Gasteiger partial charge in [0.2, 0.25) is 0 Å². The molecule has 0 aliphatic heterocycles. The molecule has 0 aliphatic carbocycles. The van der Waals surface area contributed by atoms with Crippen LogP contribution in [0.1, 0.15) is 10.4 Å². The van der Waals surface area contributed by atoms with Crippen LogP contribution in [0.25, 0.3) is 10.4 Å². The van der Waals surface area contributed by atoms with Gasteiger partial charge >= 0.3 is 5.97 Å². The molecule has 7 heteroatoms. The molecule has 0 saturated carbocycles. The maximum absolute atomic E-state index is 12.0. The van der Waals surface area contributed by atoms with E-state index in [9.17, 15) is 9.90 Å². The minimum Gasteiger partial charge on any atom is -0.456 e. The minimum absolute atomic E-state index is 0.00512. The first-order valence-corrected chi connectivity index (χ1v) is 6.32. The molecule has 1 N–H and O–H groups in total. The van der Waals surface area contributed by atoms with Crippen LogP contribution < -0.4 is 0 Å². The first-order chi connectivity index (χ1) is 10.2. The zero-order valence-electron chi connectivity index (χ0n) is 11.5. The highest BCUT2D eigenvalue weighted by atomic mass is 16.6. The number of aliphatic hydroxyl groups excluding tert-OH is 1. The molecule has 0 radical (unpaired) electrons. The molecule has 1 aromatic carbocycles. The molecule has 112 valence electrons. The Labute approximate surface area is 122 Å². The van der Waals surface area contributed by atoms with E-state index in [1.807, 2.05) is 0 Å². The third-order valence-electron chi connectivity index (χ3n) is 2.60. The summed E-state index contributed by atoms with van der Waals surface area (Å²) in [5.41, 5.74) is 8.85. The molecule has 1 aromatic rings. The Balaban J connectivity index is 2.77. The molecule has 1 rings (SSSR count). The van der Waals surface area contributed by atoms with Gasteiger partial charge in [-0.2, -0.15) is 0 Å². The number of rotatable bonds is 9. The van der Waals surface area contributed by atoms with Crippen LogP contribution in [0, 0.1) is 0 Å². The van der Waals surface area contributed by atoms with Crippen molar-refractivity contribution in [3.8, 4) is 0 Å². The lowest BCUT2D eigenvalue weighted by Crippen LogP contribution is -2.36. The molecule has 0 heterocycles. The molecule has 0 amide bonds. The normalized spacial score (nSPS) is 12.8. The maximum Gasteiger partial charge on any atom is 0.338 e. The summed E-state index contributed by atoms with van der Waals surface area (Å²) in [5.74, 6) is -0.575. The number of benzene rings is 1. The molecule has 0 fully saturated rings. The van der Waals surface area contributed by atoms with Gasteiger partial charge in [0.15, 0.2) is 0 Å². The van der Waals surface area contributed by atoms with E-state index in [-0.39, 0.29) is 13.2 Å². The second-order valence-corrected chi connectivity index (χ2v) is 4.09. The van der Waals surface area contributed by atoms with Crippen LogP contribution in [0.2, 0.25) is 0 Å². The molecular weight excluding hydrogens is 274 g/mol. The Morgan fingerprint density at radius 1 is 1.48 bits per heavy atom. The second-order valence-electron chi connectivity index (χ2n) is 4.09. The first kappa shape index (κ1) is 16.7. The predicted octanol–water partition coefficient (Wildman–Crippen LogP) is 2.09. The lowest BCUT2D eigenvalue weighted by atomic mass is 10.2. The molecule has 0 aliphatic rings. The summed E-state index contributed by atoms with van der Waals surface area (Å²) in [7, 11) is 0. The van der Waals surface area contributed by atoms with Crippen LogP contribution in [-0.2, 0) is 9.47 Å². The lowest BCUT2D eigenvalue weighted by Gasteiger charge is -2.22. The van der Waals surface area contributed by atoms with E-state index < -0.39 is 24.7 Å². The van der Waals surface area contributed by atoms with E-state index in [2.05, 4.69) is 16.6 Å². The van der Waals surface area contributed by atoms with E-state index in [1.165, 1.54) is 6.08 Å². The van der Waals surface area contributed by atoms with Crippen molar-refractivity contribution in [1.29, 1.82) is 0 Å². The Kier molecular flexibility index (Phi) is 7.60. The van der Waals surface area contributed by atoms with Crippen molar-refractivity contribution in [2.24, 2.45) is 5.11 Å². The van der Waals surface area contributed by atoms with Crippen LogP contribution in [-0.4, -0.2) is 43.0 Å². The van der Waals surface area contributed by atoms with E-state index in [1.54, 1.807) is 30.3 Å². The Hall–Kier alpha value is -2.34. The number of hydrogen-bond acceptors (Lipinski definition) is 5. The molecule has 21 heavy (non-hydrogen) atoms. The van der Waals surface area contributed by atoms with Gasteiger partial charge in [-0.3, -0.25) is 0 Å². The highest BCUT2D eigenvalue weighted by molar-refractivity contribution is 5.89. The van der Waals surface area contributed by atoms with Gasteiger partial charge in [-0.05, 0) is 17.7 Å². The molecule has 0 saturated heterocycles. The fourth-order valence-corrected chi connectivity index (χ4v) is 1.57. The zero-order chi connectivity index (χ0) is 15.5. The number of ether oxygens (including phenoxy) is 2. The quantitative estimate of drug-likeness (QED) is 0.188. The number of esters is 1. The summed E-state index contributed by atoms with van der Waals surface area (Å²) < 4.78 is 10.5. The Bertz CT molecular complexity index is 500. The average molecular weight is 291 g/mol. The summed E-state index contributed by atoms with van der Waals surface area (Å²) in [6.07, 6.45) is 0.663. The standard InChI is InChI=1S/C14H17N3O4/c1-2-8-20-10-13(12(9-18)16-17-15)21-14(19)11-6-4-3-5-7-11/h2-7,12-13,18H,1,8-10H2/t12-,13-/m0/s1. The number of carbonyl (C=O) groups excluding carboxylic acids is 1. The number of nitrogens with zero attached hydrogens (tertiary/aromatic N) is 3. The first-order valence-electron chi connectivity index (χ1n) is 6.32. The van der Waals surface area contributed by atoms with E-state index in [4.69, 9.17) is 15.0 Å². The highest BCUT2D eigenvalue weighted by Gasteiger charge is 2.24. The van der Waals surface area contributed by atoms with Gasteiger partial charge < -0.3 is 14.6 Å². The van der Waals surface area contributed by atoms with Crippen LogP contribution >= 0.6 is 0 Å². The van der Waals surface area contributed by atoms with Gasteiger partial charge in [0, 0.05) is 4.91 Å². The van der Waals surface area contributed by atoms with Crippen molar-refractivity contribution in [2.75, 3.05) is 19.8 Å². The van der Waals surface area contributed by atoms with Gasteiger partial charge in [0.1, 0.15) is 6.10 Å². The smallest absolute Gasteiger partial charge is 0.338 e. The molecule has 2 atom stereocenters. The number of carbonyl (C=O) groups is 1. The van der Waals surface area contributed by atoms with Crippen molar-refractivity contribution in [2.45, 2.75) is 12.1 Å². The Morgan fingerprint density at radius 2 is 2.19 bits per heavy atom. The SMILES string of the molecule is C=CCOC[C@H](OC(=O)c1ccccc1)[C@H](CO)N=[N+]=[N-]. The van der Waals surface area contributed by atoms with Crippen molar-refractivity contribution < 1.29 is 19.4 Å². The van der Waals surface area contributed by atoms with Crippen LogP contribution in [0.15, 0.2) is 48.1 Å². The molecule has 0 bridgehead atoms. The fourth-order valence-electron chi connectivity index (χ4n) is 1.57. The fraction of sp³-hybridized carbons (Fsp3) is 0.357. The lowest BCUT2D eigenvalue weighted by molar-refractivity contribution is -0.0146.